The van der Waals surface area contributed by atoms with Crippen molar-refractivity contribution in [2.24, 2.45) is 0 Å². The molecule has 2 heterocycles. The third kappa shape index (κ3) is 2.46. The van der Waals surface area contributed by atoms with Gasteiger partial charge < -0.3 is 4.98 Å². The monoisotopic (exact) mass is 364 g/mol. The van der Waals surface area contributed by atoms with Crippen molar-refractivity contribution in [2.75, 3.05) is 0 Å². The topological polar surface area (TPSA) is 71.9 Å². The Hall–Kier alpha value is -3.12. The van der Waals surface area contributed by atoms with Gasteiger partial charge in [0.2, 0.25) is 0 Å². The number of H-pyrrole nitrogens is 1. The SMILES string of the molecule is CC(=O)c1c[nH]cc1-c1cn(S(=O)(=O)c2ccccc2)c2ccccc12. The molecule has 0 radical (unpaired) electrons. The van der Waals surface area contributed by atoms with Gasteiger partial charge in [-0.3, -0.25) is 4.79 Å². The Bertz CT molecular complexity index is 1220. The lowest BCUT2D eigenvalue weighted by Crippen LogP contribution is -2.11. The number of carbonyl (C=O) groups is 1. The first-order chi connectivity index (χ1) is 12.5. The minimum Gasteiger partial charge on any atom is -0.366 e. The summed E-state index contributed by atoms with van der Waals surface area (Å²) >= 11 is 0. The number of nitrogens with zero attached hydrogens (tertiary/aromatic N) is 1. The molecule has 0 bridgehead atoms. The van der Waals surface area contributed by atoms with Crippen LogP contribution in [0.1, 0.15) is 17.3 Å². The van der Waals surface area contributed by atoms with E-state index in [1.54, 1.807) is 61.1 Å². The third-order valence-electron chi connectivity index (χ3n) is 4.39. The molecule has 2 aromatic carbocycles. The first kappa shape index (κ1) is 16.4. The molecule has 1 N–H and O–H groups in total. The molecular weight excluding hydrogens is 348 g/mol. The molecule has 6 heteroatoms. The Morgan fingerprint density at radius 1 is 0.923 bits per heavy atom. The van der Waals surface area contributed by atoms with Gasteiger partial charge in [-0.25, -0.2) is 12.4 Å². The van der Waals surface area contributed by atoms with Crippen LogP contribution in [0.25, 0.3) is 22.0 Å². The summed E-state index contributed by atoms with van der Waals surface area (Å²) in [4.78, 5) is 15.1. The fourth-order valence-corrected chi connectivity index (χ4v) is 4.54. The molecule has 0 amide bonds. The van der Waals surface area contributed by atoms with Crippen LogP contribution in [-0.2, 0) is 10.0 Å². The number of carbonyl (C=O) groups excluding carboxylic acids is 1. The summed E-state index contributed by atoms with van der Waals surface area (Å²) in [5, 5.41) is 0.772. The van der Waals surface area contributed by atoms with Gasteiger partial charge in [0.25, 0.3) is 10.0 Å². The normalized spacial score (nSPS) is 11.7. The summed E-state index contributed by atoms with van der Waals surface area (Å²) in [6, 6.07) is 15.6. The van der Waals surface area contributed by atoms with Crippen LogP contribution in [0.5, 0.6) is 0 Å². The molecular formula is C20H16N2O3S. The number of aromatic nitrogens is 2. The predicted octanol–water partition coefficient (Wildman–Crippen LogP) is 4.08. The highest BCUT2D eigenvalue weighted by molar-refractivity contribution is 7.90. The molecule has 0 aliphatic carbocycles. The Morgan fingerprint density at radius 3 is 2.35 bits per heavy atom. The van der Waals surface area contributed by atoms with Gasteiger partial charge in [0.15, 0.2) is 5.78 Å². The minimum atomic E-state index is -3.75. The molecule has 0 saturated carbocycles. The molecule has 26 heavy (non-hydrogen) atoms. The van der Waals surface area contributed by atoms with Crippen LogP contribution in [0.2, 0.25) is 0 Å². The van der Waals surface area contributed by atoms with Crippen molar-refractivity contribution < 1.29 is 13.2 Å². The predicted molar refractivity (Wildman–Crippen MR) is 101 cm³/mol. The smallest absolute Gasteiger partial charge is 0.268 e. The molecule has 0 fully saturated rings. The Morgan fingerprint density at radius 2 is 1.62 bits per heavy atom. The molecule has 0 saturated heterocycles. The number of Topliss-reactive ketones (excluding diaryl/α,β-unsaturated/α-hetero) is 1. The largest absolute Gasteiger partial charge is 0.366 e. The standard InChI is InChI=1S/C20H16N2O3S/c1-14(23)17-11-21-12-18(17)19-13-22(20-10-6-5-9-16(19)20)26(24,25)15-7-3-2-4-8-15/h2-13,21H,1H3. The van der Waals surface area contributed by atoms with Gasteiger partial charge in [-0.15, -0.1) is 0 Å². The van der Waals surface area contributed by atoms with Crippen molar-refractivity contribution in [2.45, 2.75) is 11.8 Å². The number of hydrogen-bond acceptors (Lipinski definition) is 3. The van der Waals surface area contributed by atoms with Crippen molar-refractivity contribution in [1.29, 1.82) is 0 Å². The van der Waals surface area contributed by atoms with E-state index >= 15 is 0 Å². The lowest BCUT2D eigenvalue weighted by atomic mass is 10.0. The second kappa shape index (κ2) is 6.00. The van der Waals surface area contributed by atoms with Gasteiger partial charge >= 0.3 is 0 Å². The van der Waals surface area contributed by atoms with Gasteiger partial charge in [-0.05, 0) is 25.1 Å². The number of rotatable bonds is 4. The van der Waals surface area contributed by atoms with Crippen LogP contribution >= 0.6 is 0 Å². The van der Waals surface area contributed by atoms with E-state index in [0.29, 0.717) is 22.2 Å². The molecule has 2 aromatic heterocycles. The molecule has 130 valence electrons. The zero-order valence-corrected chi connectivity index (χ0v) is 14.8. The second-order valence-electron chi connectivity index (χ2n) is 6.01. The summed E-state index contributed by atoms with van der Waals surface area (Å²) in [7, 11) is -3.75. The van der Waals surface area contributed by atoms with E-state index in [1.807, 2.05) is 12.1 Å². The average molecular weight is 364 g/mol. The Kier molecular flexibility index (Phi) is 3.77. The van der Waals surface area contributed by atoms with E-state index in [4.69, 9.17) is 0 Å². The summed E-state index contributed by atoms with van der Waals surface area (Å²) < 4.78 is 27.6. The highest BCUT2D eigenvalue weighted by Gasteiger charge is 2.23. The molecule has 4 rings (SSSR count). The molecule has 0 aliphatic heterocycles. The van der Waals surface area contributed by atoms with Crippen LogP contribution in [0.3, 0.4) is 0 Å². The maximum atomic E-state index is 13.1. The molecule has 0 spiro atoms. The van der Waals surface area contributed by atoms with Crippen molar-refractivity contribution in [3.05, 3.63) is 78.8 Å². The van der Waals surface area contributed by atoms with Crippen molar-refractivity contribution >= 4 is 26.7 Å². The lowest BCUT2D eigenvalue weighted by molar-refractivity contribution is 0.101. The number of hydrogen-bond donors (Lipinski definition) is 1. The van der Waals surface area contributed by atoms with Crippen molar-refractivity contribution in [1.82, 2.24) is 8.96 Å². The summed E-state index contributed by atoms with van der Waals surface area (Å²) in [6.45, 7) is 1.49. The van der Waals surface area contributed by atoms with Gasteiger partial charge in [-0.2, -0.15) is 0 Å². The third-order valence-corrected chi connectivity index (χ3v) is 6.08. The lowest BCUT2D eigenvalue weighted by Gasteiger charge is -2.07. The van der Waals surface area contributed by atoms with Crippen molar-refractivity contribution in [3.63, 3.8) is 0 Å². The second-order valence-corrected chi connectivity index (χ2v) is 7.83. The maximum absolute atomic E-state index is 13.1. The summed E-state index contributed by atoms with van der Waals surface area (Å²) in [5.41, 5.74) is 2.49. The van der Waals surface area contributed by atoms with Crippen molar-refractivity contribution in [3.8, 4) is 11.1 Å². The fourth-order valence-electron chi connectivity index (χ4n) is 3.15. The van der Waals surface area contributed by atoms with Gasteiger partial charge in [0.1, 0.15) is 0 Å². The molecule has 0 unspecified atom stereocenters. The van der Waals surface area contributed by atoms with E-state index in [2.05, 4.69) is 4.98 Å². The maximum Gasteiger partial charge on any atom is 0.268 e. The highest BCUT2D eigenvalue weighted by atomic mass is 32.2. The van der Waals surface area contributed by atoms with Gasteiger partial charge in [-0.1, -0.05) is 36.4 Å². The Balaban J connectivity index is 2.02. The van der Waals surface area contributed by atoms with E-state index < -0.39 is 10.0 Å². The molecule has 0 aliphatic rings. The Labute approximate surface area is 151 Å². The van der Waals surface area contributed by atoms with Crippen LogP contribution in [-0.4, -0.2) is 23.2 Å². The van der Waals surface area contributed by atoms with Gasteiger partial charge in [0.05, 0.1) is 10.4 Å². The van der Waals surface area contributed by atoms with E-state index in [-0.39, 0.29) is 10.7 Å². The van der Waals surface area contributed by atoms with E-state index in [0.717, 1.165) is 5.39 Å². The zero-order valence-electron chi connectivity index (χ0n) is 14.0. The number of ketones is 1. The van der Waals surface area contributed by atoms with E-state index in [9.17, 15) is 13.2 Å². The number of benzene rings is 2. The molecule has 4 aromatic rings. The zero-order chi connectivity index (χ0) is 18.3. The molecule has 5 nitrogen and oxygen atoms in total. The minimum absolute atomic E-state index is 0.0796. The quantitative estimate of drug-likeness (QED) is 0.555. The number of aromatic amines is 1. The van der Waals surface area contributed by atoms with Crippen LogP contribution < -0.4 is 0 Å². The van der Waals surface area contributed by atoms with Gasteiger partial charge in [0, 0.05) is 40.7 Å². The van der Waals surface area contributed by atoms with E-state index in [1.165, 1.54) is 10.9 Å². The first-order valence-electron chi connectivity index (χ1n) is 8.09. The fraction of sp³-hybridized carbons (Fsp3) is 0.0500. The van der Waals surface area contributed by atoms with Crippen LogP contribution in [0.4, 0.5) is 0 Å². The number of para-hydroxylation sites is 1. The highest BCUT2D eigenvalue weighted by Crippen LogP contribution is 2.34. The average Bonchev–Trinajstić information content (AvgIpc) is 3.27. The summed E-state index contributed by atoms with van der Waals surface area (Å²) in [5.74, 6) is -0.0796. The number of nitrogens with one attached hydrogen (secondary N) is 1. The summed E-state index contributed by atoms with van der Waals surface area (Å²) in [6.07, 6.45) is 4.94. The number of fused-ring (bicyclic) bond motifs is 1. The molecule has 0 atom stereocenters. The van der Waals surface area contributed by atoms with Crippen LogP contribution in [0.15, 0.2) is 78.1 Å². The van der Waals surface area contributed by atoms with Crippen LogP contribution in [0, 0.1) is 0 Å². The first-order valence-corrected chi connectivity index (χ1v) is 9.53.